The van der Waals surface area contributed by atoms with Gasteiger partial charge in [-0.2, -0.15) is 0 Å². The first-order valence-corrected chi connectivity index (χ1v) is 10.8. The van der Waals surface area contributed by atoms with Crippen molar-refractivity contribution in [3.63, 3.8) is 0 Å². The van der Waals surface area contributed by atoms with E-state index in [-0.39, 0.29) is 29.5 Å². The highest BCUT2D eigenvalue weighted by Crippen LogP contribution is 2.64. The number of hydrogen-bond donors (Lipinski definition) is 0. The molecule has 0 unspecified atom stereocenters. The van der Waals surface area contributed by atoms with E-state index in [1.165, 1.54) is 6.42 Å². The van der Waals surface area contributed by atoms with Crippen LogP contribution in [0.15, 0.2) is 0 Å². The summed E-state index contributed by atoms with van der Waals surface area (Å²) in [4.78, 5) is 40.1. The Morgan fingerprint density at radius 1 is 0.964 bits per heavy atom. The van der Waals surface area contributed by atoms with Crippen LogP contribution in [0.3, 0.4) is 0 Å². The molecule has 1 heterocycles. The smallest absolute Gasteiger partial charge is 0.409 e. The summed E-state index contributed by atoms with van der Waals surface area (Å²) in [6, 6.07) is 0. The van der Waals surface area contributed by atoms with Crippen molar-refractivity contribution in [1.82, 2.24) is 9.80 Å². The third kappa shape index (κ3) is 3.70. The molecule has 0 aromatic carbocycles. The summed E-state index contributed by atoms with van der Waals surface area (Å²) in [6.45, 7) is 3.58. The van der Waals surface area contributed by atoms with Gasteiger partial charge in [-0.3, -0.25) is 9.59 Å². The van der Waals surface area contributed by atoms with Crippen molar-refractivity contribution in [2.24, 2.45) is 17.3 Å². The summed E-state index contributed by atoms with van der Waals surface area (Å²) in [5.41, 5.74) is -0.491. The van der Waals surface area contributed by atoms with Gasteiger partial charge < -0.3 is 19.3 Å². The molecule has 28 heavy (non-hydrogen) atoms. The Morgan fingerprint density at radius 2 is 1.57 bits per heavy atom. The number of esters is 1. The van der Waals surface area contributed by atoms with Crippen molar-refractivity contribution in [3.05, 3.63) is 0 Å². The van der Waals surface area contributed by atoms with Gasteiger partial charge in [0.05, 0.1) is 12.0 Å². The molecule has 5 fully saturated rings. The van der Waals surface area contributed by atoms with Crippen LogP contribution < -0.4 is 0 Å². The van der Waals surface area contributed by atoms with Crippen molar-refractivity contribution in [2.75, 3.05) is 39.4 Å². The quantitative estimate of drug-likeness (QED) is 0.523. The van der Waals surface area contributed by atoms with Gasteiger partial charge >= 0.3 is 12.1 Å². The molecule has 0 aromatic rings. The zero-order valence-corrected chi connectivity index (χ0v) is 17.2. The Bertz CT molecular complexity index is 647. The van der Waals surface area contributed by atoms with Crippen molar-refractivity contribution >= 4 is 29.6 Å². The van der Waals surface area contributed by atoms with Crippen molar-refractivity contribution in [1.29, 1.82) is 0 Å². The van der Waals surface area contributed by atoms with Gasteiger partial charge in [0.15, 0.2) is 6.61 Å². The number of alkyl halides is 1. The third-order valence-corrected chi connectivity index (χ3v) is 7.35. The molecule has 0 spiro atoms. The second-order valence-electron chi connectivity index (χ2n) is 9.04. The molecule has 5 aliphatic rings. The molecule has 1 aliphatic heterocycles. The van der Waals surface area contributed by atoms with Gasteiger partial charge in [-0.15, -0.1) is 11.6 Å². The Balaban J connectivity index is 1.28. The molecule has 2 amide bonds. The summed E-state index contributed by atoms with van der Waals surface area (Å²) >= 11 is 6.79. The summed E-state index contributed by atoms with van der Waals surface area (Å²) in [7, 11) is 0. The molecule has 0 N–H and O–H groups in total. The average Bonchev–Trinajstić information content (AvgIpc) is 2.64. The lowest BCUT2D eigenvalue weighted by Crippen LogP contribution is -2.56. The summed E-state index contributed by atoms with van der Waals surface area (Å²) in [5, 5.41) is 0. The summed E-state index contributed by atoms with van der Waals surface area (Å²) < 4.78 is 10.5. The van der Waals surface area contributed by atoms with Gasteiger partial charge in [-0.05, 0) is 57.3 Å². The van der Waals surface area contributed by atoms with Crippen LogP contribution >= 0.6 is 11.6 Å². The first kappa shape index (κ1) is 19.8. The van der Waals surface area contributed by atoms with Gasteiger partial charge in [0.1, 0.15) is 0 Å². The van der Waals surface area contributed by atoms with E-state index in [2.05, 4.69) is 0 Å². The molecule has 4 bridgehead atoms. The van der Waals surface area contributed by atoms with Gasteiger partial charge in [-0.25, -0.2) is 4.79 Å². The van der Waals surface area contributed by atoms with Gasteiger partial charge in [0, 0.05) is 31.1 Å². The molecule has 5 rings (SSSR count). The second-order valence-corrected chi connectivity index (χ2v) is 9.84. The Kier molecular flexibility index (Phi) is 5.23. The Labute approximate surface area is 170 Å². The predicted molar refractivity (Wildman–Crippen MR) is 102 cm³/mol. The number of halogens is 1. The highest BCUT2D eigenvalue weighted by atomic mass is 35.5. The SMILES string of the molecule is CCOC(=O)N1CCN(C(=O)COC(=O)C23C[C@H]4C[C@@H](CC(Cl)(C4)C2)C3)CC1. The predicted octanol–water partition coefficient (Wildman–Crippen LogP) is 2.41. The number of carbonyl (C=O) groups excluding carboxylic acids is 3. The number of hydrogen-bond acceptors (Lipinski definition) is 5. The zero-order valence-electron chi connectivity index (χ0n) is 16.5. The first-order valence-electron chi connectivity index (χ1n) is 10.4. The van der Waals surface area contributed by atoms with Crippen molar-refractivity contribution in [2.45, 2.75) is 50.3 Å². The molecule has 2 atom stereocenters. The minimum absolute atomic E-state index is 0.206. The number of rotatable bonds is 4. The van der Waals surface area contributed by atoms with E-state index >= 15 is 0 Å². The van der Waals surface area contributed by atoms with Gasteiger partial charge in [0.25, 0.3) is 5.91 Å². The van der Waals surface area contributed by atoms with Crippen LogP contribution in [0, 0.1) is 17.3 Å². The summed E-state index contributed by atoms with van der Waals surface area (Å²) in [6.07, 6.45) is 5.21. The molecule has 4 saturated carbocycles. The lowest BCUT2D eigenvalue weighted by Gasteiger charge is -2.58. The minimum atomic E-state index is -0.491. The lowest BCUT2D eigenvalue weighted by molar-refractivity contribution is -0.173. The lowest BCUT2D eigenvalue weighted by atomic mass is 9.49. The molecular weight excluding hydrogens is 384 g/mol. The number of amides is 2. The number of piperazine rings is 1. The molecule has 0 aromatic heterocycles. The number of nitrogens with zero attached hydrogens (tertiary/aromatic N) is 2. The van der Waals surface area contributed by atoms with Crippen LogP contribution in [0.4, 0.5) is 4.79 Å². The van der Waals surface area contributed by atoms with Crippen LogP contribution in [-0.2, 0) is 19.1 Å². The summed E-state index contributed by atoms with van der Waals surface area (Å²) in [5.74, 6) is 0.572. The Hall–Kier alpha value is -1.50. The highest BCUT2D eigenvalue weighted by molar-refractivity contribution is 6.24. The first-order chi connectivity index (χ1) is 13.3. The molecule has 156 valence electrons. The standard InChI is InChI=1S/C20H29ClN2O5/c1-2-27-18(26)23-5-3-22(4-6-23)16(24)12-28-17(25)19-8-14-7-15(9-19)11-20(21,10-14)13-19/h14-15H,2-13H2,1H3/t14-,15-,19?,20?/m1/s1. The van der Waals surface area contributed by atoms with Crippen molar-refractivity contribution < 1.29 is 23.9 Å². The molecule has 7 nitrogen and oxygen atoms in total. The zero-order chi connectivity index (χ0) is 19.9. The fraction of sp³-hybridized carbons (Fsp3) is 0.850. The number of ether oxygens (including phenoxy) is 2. The highest BCUT2D eigenvalue weighted by Gasteiger charge is 2.60. The van der Waals surface area contributed by atoms with Gasteiger partial charge in [0.2, 0.25) is 0 Å². The van der Waals surface area contributed by atoms with Crippen LogP contribution in [0.25, 0.3) is 0 Å². The maximum Gasteiger partial charge on any atom is 0.409 e. The largest absolute Gasteiger partial charge is 0.455 e. The van der Waals surface area contributed by atoms with E-state index in [1.54, 1.807) is 16.7 Å². The third-order valence-electron chi connectivity index (χ3n) is 6.91. The normalized spacial score (nSPS) is 36.4. The van der Waals surface area contributed by atoms with Crippen LogP contribution in [0.1, 0.15) is 45.4 Å². The van der Waals surface area contributed by atoms with Crippen LogP contribution in [0.2, 0.25) is 0 Å². The molecule has 0 radical (unpaired) electrons. The van der Waals surface area contributed by atoms with E-state index < -0.39 is 5.41 Å². The van der Waals surface area contributed by atoms with Crippen molar-refractivity contribution in [3.8, 4) is 0 Å². The second kappa shape index (κ2) is 7.39. The maximum absolute atomic E-state index is 12.9. The Morgan fingerprint density at radius 3 is 2.14 bits per heavy atom. The van der Waals surface area contributed by atoms with E-state index in [1.807, 2.05) is 0 Å². The van der Waals surface area contributed by atoms with Crippen LogP contribution in [-0.4, -0.2) is 72.0 Å². The number of carbonyl (C=O) groups is 3. The fourth-order valence-corrected chi connectivity index (χ4v) is 6.81. The van der Waals surface area contributed by atoms with E-state index in [0.29, 0.717) is 51.0 Å². The van der Waals surface area contributed by atoms with Gasteiger partial charge in [-0.1, -0.05) is 0 Å². The fourth-order valence-electron chi connectivity index (χ4n) is 6.11. The molecule has 4 aliphatic carbocycles. The van der Waals surface area contributed by atoms with E-state index in [4.69, 9.17) is 21.1 Å². The van der Waals surface area contributed by atoms with Crippen LogP contribution in [0.5, 0.6) is 0 Å². The molecule has 8 heteroatoms. The minimum Gasteiger partial charge on any atom is -0.455 e. The average molecular weight is 413 g/mol. The topological polar surface area (TPSA) is 76.2 Å². The molecule has 1 saturated heterocycles. The molecular formula is C20H29ClN2O5. The monoisotopic (exact) mass is 412 g/mol. The maximum atomic E-state index is 12.9. The van der Waals surface area contributed by atoms with E-state index in [0.717, 1.165) is 25.7 Å². The van der Waals surface area contributed by atoms with E-state index in [9.17, 15) is 14.4 Å².